The number of carbonyl (C=O) groups is 3. The number of carboxylic acid groups (broad SMARTS) is 1. The molecule has 0 fully saturated rings. The fourth-order valence-corrected chi connectivity index (χ4v) is 4.45. The van der Waals surface area contributed by atoms with Crippen LogP contribution in [-0.2, 0) is 17.7 Å². The second-order valence-corrected chi connectivity index (χ2v) is 9.01. The van der Waals surface area contributed by atoms with Gasteiger partial charge in [-0.2, -0.15) is 14.6 Å². The summed E-state index contributed by atoms with van der Waals surface area (Å²) in [4.78, 5) is 44.3. The van der Waals surface area contributed by atoms with Crippen LogP contribution in [0.2, 0.25) is 0 Å². The van der Waals surface area contributed by atoms with E-state index in [4.69, 9.17) is 10.5 Å². The second kappa shape index (κ2) is 13.5. The van der Waals surface area contributed by atoms with E-state index >= 15 is 0 Å². The van der Waals surface area contributed by atoms with E-state index in [0.29, 0.717) is 24.0 Å². The van der Waals surface area contributed by atoms with Crippen molar-refractivity contribution in [3.63, 3.8) is 0 Å². The second-order valence-electron chi connectivity index (χ2n) is 9.01. The Bertz CT molecular complexity index is 1660. The highest BCUT2D eigenvalue weighted by Gasteiger charge is 2.29. The molecule has 1 amide bonds. The molecule has 0 spiro atoms. The minimum absolute atomic E-state index is 0. The number of aromatic carboxylic acids is 1. The number of fused-ring (bicyclic) bond motifs is 2. The molecule has 0 unspecified atom stereocenters. The minimum Gasteiger partial charge on any atom is -0.477 e. The Morgan fingerprint density at radius 2 is 1.98 bits per heavy atom. The van der Waals surface area contributed by atoms with Gasteiger partial charge in [0.15, 0.2) is 17.3 Å². The first-order chi connectivity index (χ1) is 19.6. The Hall–Kier alpha value is -5.04. The number of esters is 1. The van der Waals surface area contributed by atoms with E-state index in [-0.39, 0.29) is 43.8 Å². The maximum atomic E-state index is 13.0. The van der Waals surface area contributed by atoms with E-state index in [1.807, 2.05) is 13.0 Å². The summed E-state index contributed by atoms with van der Waals surface area (Å²) in [6.07, 6.45) is 4.04. The topological polar surface area (TPSA) is 162 Å². The maximum Gasteiger partial charge on any atom is 0.354 e. The molecular formula is C29H30F2N6O5. The summed E-state index contributed by atoms with van der Waals surface area (Å²) < 4.78 is 30.9. The van der Waals surface area contributed by atoms with Crippen LogP contribution in [0.25, 0.3) is 5.78 Å². The number of carbonyl (C=O) groups excluding carboxylic acids is 2. The lowest BCUT2D eigenvalue weighted by molar-refractivity contribution is 0.0548. The van der Waals surface area contributed by atoms with Crippen molar-refractivity contribution in [3.8, 4) is 0 Å². The van der Waals surface area contributed by atoms with Gasteiger partial charge >= 0.3 is 11.9 Å². The third-order valence-electron chi connectivity index (χ3n) is 6.47. The Morgan fingerprint density at radius 3 is 2.64 bits per heavy atom. The van der Waals surface area contributed by atoms with Gasteiger partial charge < -0.3 is 20.9 Å². The SMILES string of the molecule is C.C=CCOC(=O)c1ccc2c(c1C)CC[C@@H]2NC(=O)c1cc(C(=O)O)nc2ncnn12.NCc1ccc(F)c(F)c1. The van der Waals surface area contributed by atoms with Crippen LogP contribution in [0.15, 0.2) is 55.4 Å². The van der Waals surface area contributed by atoms with E-state index in [0.717, 1.165) is 28.8 Å². The fourth-order valence-electron chi connectivity index (χ4n) is 4.45. The molecule has 4 aromatic rings. The van der Waals surface area contributed by atoms with Gasteiger partial charge in [-0.3, -0.25) is 4.79 Å². The first-order valence-electron chi connectivity index (χ1n) is 12.4. The Morgan fingerprint density at radius 1 is 1.21 bits per heavy atom. The van der Waals surface area contributed by atoms with Crippen molar-refractivity contribution in [3.05, 3.63) is 106 Å². The molecule has 0 saturated carbocycles. The molecular weight excluding hydrogens is 550 g/mol. The van der Waals surface area contributed by atoms with Crippen molar-refractivity contribution in [2.75, 3.05) is 6.61 Å². The van der Waals surface area contributed by atoms with Crippen LogP contribution >= 0.6 is 0 Å². The summed E-state index contributed by atoms with van der Waals surface area (Å²) >= 11 is 0. The largest absolute Gasteiger partial charge is 0.477 e. The Balaban J connectivity index is 0.000000374. The van der Waals surface area contributed by atoms with Crippen molar-refractivity contribution in [2.45, 2.75) is 39.8 Å². The van der Waals surface area contributed by atoms with Crippen LogP contribution in [0, 0.1) is 18.6 Å². The van der Waals surface area contributed by atoms with E-state index in [9.17, 15) is 28.3 Å². The number of nitrogens with one attached hydrogen (secondary N) is 1. The average molecular weight is 581 g/mol. The number of amides is 1. The third kappa shape index (κ3) is 6.63. The van der Waals surface area contributed by atoms with Gasteiger partial charge in [-0.25, -0.2) is 23.4 Å². The van der Waals surface area contributed by atoms with Gasteiger partial charge in [-0.05, 0) is 60.2 Å². The van der Waals surface area contributed by atoms with Crippen molar-refractivity contribution >= 4 is 23.6 Å². The number of ether oxygens (including phenoxy) is 1. The van der Waals surface area contributed by atoms with Crippen LogP contribution in [0.5, 0.6) is 0 Å². The summed E-state index contributed by atoms with van der Waals surface area (Å²) in [5.74, 6) is -3.84. The lowest BCUT2D eigenvalue weighted by Gasteiger charge is -2.16. The average Bonchev–Trinajstić information content (AvgIpc) is 3.60. The Labute approximate surface area is 240 Å². The minimum atomic E-state index is -1.27. The first-order valence-corrected chi connectivity index (χ1v) is 12.4. The number of halogens is 2. The van der Waals surface area contributed by atoms with Gasteiger partial charge in [0, 0.05) is 12.6 Å². The summed E-state index contributed by atoms with van der Waals surface area (Å²) in [5, 5.41) is 16.2. The zero-order valence-corrected chi connectivity index (χ0v) is 21.9. The monoisotopic (exact) mass is 580 g/mol. The number of aromatic nitrogens is 4. The summed E-state index contributed by atoms with van der Waals surface area (Å²) in [6.45, 7) is 5.76. The molecule has 42 heavy (non-hydrogen) atoms. The number of nitrogens with zero attached hydrogens (tertiary/aromatic N) is 4. The number of hydrogen-bond acceptors (Lipinski definition) is 8. The fraction of sp³-hybridized carbons (Fsp3) is 0.241. The molecule has 2 aromatic carbocycles. The molecule has 0 bridgehead atoms. The predicted octanol–water partition coefficient (Wildman–Crippen LogP) is 3.95. The van der Waals surface area contributed by atoms with Gasteiger partial charge in [-0.15, -0.1) is 0 Å². The standard InChI is InChI=1S/C21H19N5O5.C7H7F2N.CH4/c1-3-8-31-20(30)13-4-5-14-12(11(13)2)6-7-15(14)24-18(27)17-9-16(19(28)29)25-21-22-10-23-26(17)21;8-6-2-1-5(4-10)3-7(6)9;/h3-5,9-10,15H,1,6-8H2,2H3,(H,24,27)(H,28,29);1-3H,4,10H2;1H4/t15-;;/m0../s1. The molecule has 0 radical (unpaired) electrons. The highest BCUT2D eigenvalue weighted by Crippen LogP contribution is 2.35. The van der Waals surface area contributed by atoms with Crippen LogP contribution in [-0.4, -0.2) is 49.1 Å². The van der Waals surface area contributed by atoms with Crippen molar-refractivity contribution in [1.29, 1.82) is 0 Å². The van der Waals surface area contributed by atoms with Crippen molar-refractivity contribution < 1.29 is 33.0 Å². The maximum absolute atomic E-state index is 13.0. The predicted molar refractivity (Wildman–Crippen MR) is 149 cm³/mol. The number of hydrogen-bond donors (Lipinski definition) is 3. The number of carboxylic acids is 1. The van der Waals surface area contributed by atoms with E-state index in [1.165, 1.54) is 29.1 Å². The Kier molecular flexibility index (Phi) is 10.2. The lowest BCUT2D eigenvalue weighted by Crippen LogP contribution is -2.29. The van der Waals surface area contributed by atoms with E-state index in [2.05, 4.69) is 27.0 Å². The molecule has 11 nitrogen and oxygen atoms in total. The number of benzene rings is 2. The molecule has 2 aromatic heterocycles. The highest BCUT2D eigenvalue weighted by atomic mass is 19.2. The van der Waals surface area contributed by atoms with Crippen LogP contribution in [0.4, 0.5) is 8.78 Å². The molecule has 4 N–H and O–H groups in total. The van der Waals surface area contributed by atoms with E-state index in [1.54, 1.807) is 6.07 Å². The lowest BCUT2D eigenvalue weighted by atomic mass is 9.98. The normalized spacial score (nSPS) is 13.3. The number of nitrogens with two attached hydrogens (primary N) is 1. The summed E-state index contributed by atoms with van der Waals surface area (Å²) in [5.41, 5.74) is 8.71. The molecule has 5 rings (SSSR count). The van der Waals surface area contributed by atoms with Gasteiger partial charge in [0.05, 0.1) is 11.6 Å². The zero-order valence-electron chi connectivity index (χ0n) is 21.9. The first kappa shape index (κ1) is 31.5. The molecule has 0 aliphatic heterocycles. The van der Waals surface area contributed by atoms with Gasteiger partial charge in [-0.1, -0.05) is 32.2 Å². The summed E-state index contributed by atoms with van der Waals surface area (Å²) in [6, 6.07) is 7.99. The molecule has 13 heteroatoms. The van der Waals surface area contributed by atoms with Gasteiger partial charge in [0.25, 0.3) is 11.7 Å². The summed E-state index contributed by atoms with van der Waals surface area (Å²) in [7, 11) is 0. The highest BCUT2D eigenvalue weighted by molar-refractivity contribution is 5.96. The molecule has 1 aliphatic rings. The molecule has 1 atom stereocenters. The molecule has 220 valence electrons. The van der Waals surface area contributed by atoms with E-state index < -0.39 is 29.5 Å². The van der Waals surface area contributed by atoms with Crippen LogP contribution in [0.3, 0.4) is 0 Å². The van der Waals surface area contributed by atoms with Crippen LogP contribution in [0.1, 0.15) is 73.5 Å². The smallest absolute Gasteiger partial charge is 0.354 e. The molecule has 1 aliphatic carbocycles. The van der Waals surface area contributed by atoms with Gasteiger partial charge in [0.2, 0.25) is 0 Å². The van der Waals surface area contributed by atoms with Crippen molar-refractivity contribution in [2.24, 2.45) is 5.73 Å². The zero-order chi connectivity index (χ0) is 29.7. The molecule has 2 heterocycles. The number of rotatable bonds is 7. The van der Waals surface area contributed by atoms with Crippen molar-refractivity contribution in [1.82, 2.24) is 24.9 Å². The van der Waals surface area contributed by atoms with Gasteiger partial charge in [0.1, 0.15) is 18.6 Å². The van der Waals surface area contributed by atoms with Crippen LogP contribution < -0.4 is 11.1 Å². The quantitative estimate of drug-likeness (QED) is 0.217. The molecule has 0 saturated heterocycles. The third-order valence-corrected chi connectivity index (χ3v) is 6.47.